The van der Waals surface area contributed by atoms with Crippen LogP contribution in [0.2, 0.25) is 0 Å². The van der Waals surface area contributed by atoms with Crippen molar-refractivity contribution in [2.75, 3.05) is 10.6 Å². The van der Waals surface area contributed by atoms with Crippen LogP contribution in [0.3, 0.4) is 0 Å². The Kier molecular flexibility index (Phi) is 11.9. The van der Waals surface area contributed by atoms with Gasteiger partial charge in [0.1, 0.15) is 17.2 Å². The SMILES string of the molecule is CC1(C)OB(c2ccc(O)c(CCC(=O)Nc3cc(-c4cccnn4)cc(CCC(=O)Nc4cc(-c5cccnn5)cc(CCC(N)=O)c4O)c3O)c2)OC1(C)C. The minimum atomic E-state index is -0.643. The van der Waals surface area contributed by atoms with E-state index in [2.05, 4.69) is 31.0 Å². The van der Waals surface area contributed by atoms with Gasteiger partial charge >= 0.3 is 7.12 Å². The molecular weight excluding hydrogens is 729 g/mol. The molecule has 294 valence electrons. The predicted octanol–water partition coefficient (Wildman–Crippen LogP) is 4.58. The number of aromatic hydroxyl groups is 3. The summed E-state index contributed by atoms with van der Waals surface area (Å²) in [6.45, 7) is 7.81. The molecule has 5 aromatic rings. The molecule has 0 unspecified atom stereocenters. The molecule has 3 heterocycles. The molecule has 0 saturated carbocycles. The number of hydrogen-bond donors (Lipinski definition) is 6. The molecule has 57 heavy (non-hydrogen) atoms. The molecule has 1 aliphatic rings. The van der Waals surface area contributed by atoms with Gasteiger partial charge in [0, 0.05) is 42.8 Å². The average molecular weight is 774 g/mol. The summed E-state index contributed by atoms with van der Waals surface area (Å²) in [5, 5.41) is 54.7. The summed E-state index contributed by atoms with van der Waals surface area (Å²) in [6, 6.07) is 18.3. The summed E-state index contributed by atoms with van der Waals surface area (Å²) in [7, 11) is -0.643. The van der Waals surface area contributed by atoms with Crippen molar-refractivity contribution >= 4 is 41.7 Å². The van der Waals surface area contributed by atoms with Crippen molar-refractivity contribution in [2.45, 2.75) is 77.4 Å². The predicted molar refractivity (Wildman–Crippen MR) is 214 cm³/mol. The van der Waals surface area contributed by atoms with Gasteiger partial charge in [-0.1, -0.05) is 12.1 Å². The van der Waals surface area contributed by atoms with Crippen molar-refractivity contribution in [1.29, 1.82) is 0 Å². The van der Waals surface area contributed by atoms with E-state index in [1.165, 1.54) is 12.4 Å². The molecule has 0 radical (unpaired) electrons. The molecule has 15 nitrogen and oxygen atoms in total. The standard InChI is InChI=1S/C41H44BN7O8/c1-40(2)41(3,4)57-42(56-40)29-12-13-34(50)24(21-29)10-15-36(52)46-33-23-28(31-8-6-18-45-49-31)20-26(39(33)55)11-16-37(53)47-32-22-27(30-7-5-17-44-48-30)19-25(38(32)54)9-14-35(43)51/h5-8,12-13,17-23,50,54-55H,9-11,14-16H2,1-4H3,(H2,43,51)(H,46,52)(H,47,53). The monoisotopic (exact) mass is 773 g/mol. The van der Waals surface area contributed by atoms with E-state index in [0.717, 1.165) is 0 Å². The fourth-order valence-corrected chi connectivity index (χ4v) is 6.28. The first-order valence-corrected chi connectivity index (χ1v) is 18.4. The molecule has 3 aromatic carbocycles. The van der Waals surface area contributed by atoms with Gasteiger partial charge in [0.25, 0.3) is 0 Å². The molecule has 1 aliphatic heterocycles. The van der Waals surface area contributed by atoms with Crippen molar-refractivity contribution < 1.29 is 39.0 Å². The Morgan fingerprint density at radius 3 is 1.60 bits per heavy atom. The van der Waals surface area contributed by atoms with Gasteiger partial charge in [-0.25, -0.2) is 0 Å². The van der Waals surface area contributed by atoms with Crippen LogP contribution in [0.5, 0.6) is 17.2 Å². The van der Waals surface area contributed by atoms with Gasteiger partial charge in [0.2, 0.25) is 17.7 Å². The largest absolute Gasteiger partial charge is 0.508 e. The number of nitrogens with one attached hydrogen (secondary N) is 2. The van der Waals surface area contributed by atoms with Gasteiger partial charge in [-0.3, -0.25) is 14.4 Å². The lowest BCUT2D eigenvalue weighted by atomic mass is 9.78. The van der Waals surface area contributed by atoms with Crippen LogP contribution >= 0.6 is 0 Å². The van der Waals surface area contributed by atoms with E-state index in [0.29, 0.717) is 44.7 Å². The van der Waals surface area contributed by atoms with Crippen molar-refractivity contribution in [3.8, 4) is 39.8 Å². The maximum atomic E-state index is 13.4. The number of hydrogen-bond acceptors (Lipinski definition) is 12. The van der Waals surface area contributed by atoms with E-state index < -0.39 is 36.0 Å². The number of primary amides is 1. The van der Waals surface area contributed by atoms with E-state index in [9.17, 15) is 29.7 Å². The van der Waals surface area contributed by atoms with E-state index >= 15 is 0 Å². The zero-order valence-electron chi connectivity index (χ0n) is 32.1. The van der Waals surface area contributed by atoms with Crippen molar-refractivity contribution in [1.82, 2.24) is 20.4 Å². The number of carbonyl (C=O) groups excluding carboxylic acids is 3. The Balaban J connectivity index is 1.18. The number of anilines is 2. The maximum Gasteiger partial charge on any atom is 0.494 e. The quantitative estimate of drug-likeness (QED) is 0.0673. The summed E-state index contributed by atoms with van der Waals surface area (Å²) >= 11 is 0. The highest BCUT2D eigenvalue weighted by Crippen LogP contribution is 2.38. The van der Waals surface area contributed by atoms with Crippen molar-refractivity contribution in [3.63, 3.8) is 0 Å². The summed E-state index contributed by atoms with van der Waals surface area (Å²) in [6.07, 6.45) is 3.18. The third-order valence-corrected chi connectivity index (χ3v) is 10.2. The summed E-state index contributed by atoms with van der Waals surface area (Å²) in [5.41, 5.74) is 8.46. The molecule has 7 N–H and O–H groups in total. The number of nitrogens with zero attached hydrogens (tertiary/aromatic N) is 4. The fraction of sp³-hybridized carbons (Fsp3) is 0.293. The molecule has 6 rings (SSSR count). The molecule has 0 aliphatic carbocycles. The van der Waals surface area contributed by atoms with Gasteiger partial charge in [0.15, 0.2) is 0 Å². The summed E-state index contributed by atoms with van der Waals surface area (Å²) < 4.78 is 12.3. The summed E-state index contributed by atoms with van der Waals surface area (Å²) in [4.78, 5) is 38.3. The van der Waals surface area contributed by atoms with Gasteiger partial charge in [0.05, 0.1) is 34.0 Å². The Bertz CT molecular complexity index is 2270. The number of aromatic nitrogens is 4. The molecule has 3 amide bonds. The molecule has 0 atom stereocenters. The number of carbonyl (C=O) groups is 3. The molecule has 1 fully saturated rings. The van der Waals surface area contributed by atoms with Gasteiger partial charge in [-0.05, 0) is 124 Å². The zero-order valence-corrected chi connectivity index (χ0v) is 32.1. The number of benzene rings is 3. The topological polar surface area (TPSA) is 232 Å². The Morgan fingerprint density at radius 2 is 1.14 bits per heavy atom. The first-order chi connectivity index (χ1) is 27.1. The lowest BCUT2D eigenvalue weighted by Gasteiger charge is -2.32. The van der Waals surface area contributed by atoms with E-state index in [1.54, 1.807) is 66.7 Å². The van der Waals surface area contributed by atoms with E-state index in [1.807, 2.05) is 27.7 Å². The number of phenols is 3. The number of aryl methyl sites for hydroxylation is 3. The number of amides is 3. The van der Waals surface area contributed by atoms with Crippen LogP contribution in [0, 0.1) is 0 Å². The molecule has 0 spiro atoms. The number of nitrogens with two attached hydrogens (primary N) is 1. The third kappa shape index (κ3) is 9.53. The van der Waals surface area contributed by atoms with Gasteiger partial charge in [-0.2, -0.15) is 20.4 Å². The summed E-state index contributed by atoms with van der Waals surface area (Å²) in [5.74, 6) is -1.91. The second kappa shape index (κ2) is 16.8. The third-order valence-electron chi connectivity index (χ3n) is 10.2. The van der Waals surface area contributed by atoms with Crippen LogP contribution in [0.4, 0.5) is 11.4 Å². The minimum Gasteiger partial charge on any atom is -0.508 e. The lowest BCUT2D eigenvalue weighted by Crippen LogP contribution is -2.41. The second-order valence-electron chi connectivity index (χ2n) is 14.8. The van der Waals surface area contributed by atoms with Crippen LogP contribution in [0.15, 0.2) is 79.1 Å². The van der Waals surface area contributed by atoms with E-state index in [-0.39, 0.29) is 67.1 Å². The lowest BCUT2D eigenvalue weighted by molar-refractivity contribution is -0.118. The molecule has 2 aromatic heterocycles. The first kappa shape index (κ1) is 40.3. The number of rotatable bonds is 14. The smallest absolute Gasteiger partial charge is 0.494 e. The van der Waals surface area contributed by atoms with Crippen molar-refractivity contribution in [3.05, 3.63) is 95.8 Å². The van der Waals surface area contributed by atoms with Gasteiger partial charge < -0.3 is 41.0 Å². The fourth-order valence-electron chi connectivity index (χ4n) is 6.28. The Morgan fingerprint density at radius 1 is 0.667 bits per heavy atom. The van der Waals surface area contributed by atoms with Crippen LogP contribution in [0.25, 0.3) is 22.5 Å². The van der Waals surface area contributed by atoms with Crippen LogP contribution < -0.4 is 21.8 Å². The Labute approximate surface area is 329 Å². The maximum absolute atomic E-state index is 13.4. The van der Waals surface area contributed by atoms with Crippen LogP contribution in [-0.4, -0.2) is 71.8 Å². The van der Waals surface area contributed by atoms with Gasteiger partial charge in [-0.15, -0.1) is 0 Å². The normalized spacial score (nSPS) is 14.3. The van der Waals surface area contributed by atoms with Crippen LogP contribution in [-0.2, 0) is 43.0 Å². The first-order valence-electron chi connectivity index (χ1n) is 18.4. The highest BCUT2D eigenvalue weighted by atomic mass is 16.7. The minimum absolute atomic E-state index is 0.0202. The molecule has 1 saturated heterocycles. The zero-order chi connectivity index (χ0) is 40.9. The highest BCUT2D eigenvalue weighted by Gasteiger charge is 2.51. The van der Waals surface area contributed by atoms with Crippen LogP contribution in [0.1, 0.15) is 63.6 Å². The molecule has 16 heteroatoms. The number of phenolic OH excluding ortho intramolecular Hbond substituents is 3. The average Bonchev–Trinajstić information content (AvgIpc) is 3.41. The molecular formula is C41H44BN7O8. The highest BCUT2D eigenvalue weighted by molar-refractivity contribution is 6.62. The van der Waals surface area contributed by atoms with Crippen molar-refractivity contribution in [2.24, 2.45) is 5.73 Å². The van der Waals surface area contributed by atoms with E-state index in [4.69, 9.17) is 15.0 Å². The molecule has 0 bridgehead atoms. The Hall–Kier alpha value is -6.39. The second-order valence-corrected chi connectivity index (χ2v) is 14.8.